The number of hydrogen-bond donors (Lipinski definition) is 3. The zero-order chi connectivity index (χ0) is 27.8. The number of aliphatic hydroxyl groups is 1. The van der Waals surface area contributed by atoms with Crippen molar-refractivity contribution in [1.82, 2.24) is 10.6 Å². The molecular weight excluding hydrogens is 480 g/mol. The van der Waals surface area contributed by atoms with E-state index in [4.69, 9.17) is 4.74 Å². The van der Waals surface area contributed by atoms with Crippen LogP contribution >= 0.6 is 0 Å². The number of carbonyl (C=O) groups is 3. The Kier molecular flexibility index (Phi) is 13.6. The highest BCUT2D eigenvalue weighted by molar-refractivity contribution is 5.86. The highest BCUT2D eigenvalue weighted by Crippen LogP contribution is 2.16. The van der Waals surface area contributed by atoms with Crippen LogP contribution < -0.4 is 10.6 Å². The van der Waals surface area contributed by atoms with E-state index < -0.39 is 18.1 Å². The van der Waals surface area contributed by atoms with Crippen molar-refractivity contribution in [3.63, 3.8) is 0 Å². The van der Waals surface area contributed by atoms with Crippen LogP contribution in [0.1, 0.15) is 37.3 Å². The first-order valence-electron chi connectivity index (χ1n) is 13.0. The minimum Gasteiger partial charge on any atom is -0.461 e. The number of carbonyl (C=O) groups excluding carboxylic acids is 3. The van der Waals surface area contributed by atoms with Crippen LogP contribution in [0, 0.1) is 11.8 Å². The van der Waals surface area contributed by atoms with E-state index in [1.807, 2.05) is 60.7 Å². The first-order valence-corrected chi connectivity index (χ1v) is 13.0. The molecule has 2 aromatic rings. The number of benzene rings is 2. The van der Waals surface area contributed by atoms with Crippen molar-refractivity contribution in [2.24, 2.45) is 11.8 Å². The molecule has 2 rings (SSSR count). The topological polar surface area (TPSA) is 105 Å². The number of esters is 1. The first kappa shape index (κ1) is 30.5. The number of hydrogen-bond acceptors (Lipinski definition) is 5. The van der Waals surface area contributed by atoms with Gasteiger partial charge in [0.15, 0.2) is 0 Å². The molecule has 0 aliphatic rings. The van der Waals surface area contributed by atoms with Gasteiger partial charge in [0, 0.05) is 6.42 Å². The molecule has 0 bridgehead atoms. The van der Waals surface area contributed by atoms with Crippen LogP contribution in [0.3, 0.4) is 0 Å². The van der Waals surface area contributed by atoms with Crippen molar-refractivity contribution in [2.75, 3.05) is 13.2 Å². The summed E-state index contributed by atoms with van der Waals surface area (Å²) >= 11 is 0. The fourth-order valence-electron chi connectivity index (χ4n) is 4.14. The Hall–Kier alpha value is -3.71. The third-order valence-electron chi connectivity index (χ3n) is 6.15. The molecule has 0 aliphatic carbocycles. The summed E-state index contributed by atoms with van der Waals surface area (Å²) in [4.78, 5) is 38.3. The predicted molar refractivity (Wildman–Crippen MR) is 149 cm³/mol. The molecule has 2 amide bonds. The lowest BCUT2D eigenvalue weighted by Gasteiger charge is -2.21. The monoisotopic (exact) mass is 520 g/mol. The van der Waals surface area contributed by atoms with Gasteiger partial charge in [-0.3, -0.25) is 14.4 Å². The molecule has 3 N–H and O–H groups in total. The van der Waals surface area contributed by atoms with Crippen LogP contribution in [0.2, 0.25) is 0 Å². The maximum atomic E-state index is 12.8. The second-order valence-electron chi connectivity index (χ2n) is 9.47. The second-order valence-corrected chi connectivity index (χ2v) is 9.47. The SMILES string of the molecule is C=CCC(CC(=O)NC(CO)Cc1ccccc1)C(=O)NCC(C)OC(=O)C(CC=C)Cc1ccccc1. The van der Waals surface area contributed by atoms with E-state index in [0.29, 0.717) is 25.7 Å². The average molecular weight is 521 g/mol. The molecule has 0 heterocycles. The Morgan fingerprint density at radius 2 is 1.45 bits per heavy atom. The molecule has 7 heteroatoms. The van der Waals surface area contributed by atoms with Gasteiger partial charge >= 0.3 is 5.97 Å². The van der Waals surface area contributed by atoms with Gasteiger partial charge in [-0.15, -0.1) is 13.2 Å². The number of ether oxygens (including phenoxy) is 1. The predicted octanol–water partition coefficient (Wildman–Crippen LogP) is 3.77. The van der Waals surface area contributed by atoms with Gasteiger partial charge in [0.1, 0.15) is 6.10 Å². The van der Waals surface area contributed by atoms with Crippen LogP contribution in [-0.4, -0.2) is 48.2 Å². The molecule has 0 fully saturated rings. The maximum absolute atomic E-state index is 12.8. The van der Waals surface area contributed by atoms with E-state index in [-0.39, 0.29) is 43.3 Å². The summed E-state index contributed by atoms with van der Waals surface area (Å²) in [6, 6.07) is 18.8. The van der Waals surface area contributed by atoms with Crippen molar-refractivity contribution in [1.29, 1.82) is 0 Å². The number of nitrogens with one attached hydrogen (secondary N) is 2. The van der Waals surface area contributed by atoms with Crippen molar-refractivity contribution < 1.29 is 24.2 Å². The molecule has 4 atom stereocenters. The summed E-state index contributed by atoms with van der Waals surface area (Å²) < 4.78 is 5.60. The molecule has 0 aliphatic heterocycles. The Morgan fingerprint density at radius 1 is 0.895 bits per heavy atom. The first-order chi connectivity index (χ1) is 18.4. The van der Waals surface area contributed by atoms with E-state index in [0.717, 1.165) is 11.1 Å². The molecule has 2 aromatic carbocycles. The van der Waals surface area contributed by atoms with Gasteiger partial charge in [-0.05, 0) is 43.7 Å². The van der Waals surface area contributed by atoms with Crippen molar-refractivity contribution in [3.8, 4) is 0 Å². The average Bonchev–Trinajstić information content (AvgIpc) is 2.92. The van der Waals surface area contributed by atoms with Gasteiger partial charge in [-0.1, -0.05) is 72.8 Å². The summed E-state index contributed by atoms with van der Waals surface area (Å²) in [7, 11) is 0. The molecule has 4 unspecified atom stereocenters. The molecular formula is C31H40N2O5. The molecule has 0 saturated carbocycles. The number of allylic oxidation sites excluding steroid dienone is 2. The lowest BCUT2D eigenvalue weighted by atomic mass is 9.96. The highest BCUT2D eigenvalue weighted by Gasteiger charge is 2.25. The van der Waals surface area contributed by atoms with Gasteiger partial charge in [0.2, 0.25) is 11.8 Å². The van der Waals surface area contributed by atoms with Crippen LogP contribution in [0.25, 0.3) is 0 Å². The van der Waals surface area contributed by atoms with Crippen LogP contribution in [0.15, 0.2) is 86.0 Å². The fourth-order valence-corrected chi connectivity index (χ4v) is 4.14. The Balaban J connectivity index is 1.85. The third kappa shape index (κ3) is 11.1. The molecule has 0 radical (unpaired) electrons. The van der Waals surface area contributed by atoms with E-state index in [2.05, 4.69) is 23.8 Å². The molecule has 0 aromatic heterocycles. The Bertz CT molecular complexity index is 1030. The lowest BCUT2D eigenvalue weighted by Crippen LogP contribution is -2.42. The lowest BCUT2D eigenvalue weighted by molar-refractivity contribution is -0.153. The molecule has 38 heavy (non-hydrogen) atoms. The fraction of sp³-hybridized carbons (Fsp3) is 0.387. The van der Waals surface area contributed by atoms with Crippen LogP contribution in [0.5, 0.6) is 0 Å². The summed E-state index contributed by atoms with van der Waals surface area (Å²) in [6.45, 7) is 9.08. The molecule has 204 valence electrons. The zero-order valence-electron chi connectivity index (χ0n) is 22.2. The quantitative estimate of drug-likeness (QED) is 0.218. The van der Waals surface area contributed by atoms with E-state index in [1.165, 1.54) is 0 Å². The van der Waals surface area contributed by atoms with Crippen molar-refractivity contribution >= 4 is 17.8 Å². The number of amides is 2. The standard InChI is InChI=1S/C31H40N2O5/c1-4-12-26(20-29(35)33-28(22-34)19-25-16-10-7-11-17-25)30(36)32-21-23(3)38-31(37)27(13-5-2)18-24-14-8-6-9-15-24/h4-11,14-17,23,26-28,34H,1-2,12-13,18-22H2,3H3,(H,32,36)(H,33,35). The van der Waals surface area contributed by atoms with Crippen molar-refractivity contribution in [3.05, 3.63) is 97.1 Å². The molecule has 0 saturated heterocycles. The summed E-state index contributed by atoms with van der Waals surface area (Å²) in [5.41, 5.74) is 2.03. The van der Waals surface area contributed by atoms with Gasteiger partial charge in [-0.25, -0.2) is 0 Å². The van der Waals surface area contributed by atoms with Gasteiger partial charge in [0.05, 0.1) is 31.0 Å². The van der Waals surface area contributed by atoms with Gasteiger partial charge in [0.25, 0.3) is 0 Å². The van der Waals surface area contributed by atoms with E-state index in [9.17, 15) is 19.5 Å². The van der Waals surface area contributed by atoms with Crippen LogP contribution in [-0.2, 0) is 32.0 Å². The minimum absolute atomic E-state index is 0.0458. The van der Waals surface area contributed by atoms with E-state index >= 15 is 0 Å². The smallest absolute Gasteiger partial charge is 0.309 e. The van der Waals surface area contributed by atoms with Crippen LogP contribution in [0.4, 0.5) is 0 Å². The number of rotatable bonds is 17. The Labute approximate surface area is 226 Å². The molecule has 7 nitrogen and oxygen atoms in total. The van der Waals surface area contributed by atoms with Gasteiger partial charge in [-0.2, -0.15) is 0 Å². The number of aliphatic hydroxyl groups excluding tert-OH is 1. The largest absolute Gasteiger partial charge is 0.461 e. The Morgan fingerprint density at radius 3 is 2.00 bits per heavy atom. The van der Waals surface area contributed by atoms with E-state index in [1.54, 1.807) is 19.1 Å². The minimum atomic E-state index is -0.627. The summed E-state index contributed by atoms with van der Waals surface area (Å²) in [5.74, 6) is -1.97. The molecule has 0 spiro atoms. The zero-order valence-corrected chi connectivity index (χ0v) is 22.2. The third-order valence-corrected chi connectivity index (χ3v) is 6.15. The summed E-state index contributed by atoms with van der Waals surface area (Å²) in [6.07, 6.45) is 4.54. The normalized spacial score (nSPS) is 13.8. The highest BCUT2D eigenvalue weighted by atomic mass is 16.5. The second kappa shape index (κ2) is 16.9. The van der Waals surface area contributed by atoms with Crippen molar-refractivity contribution in [2.45, 2.75) is 51.2 Å². The summed E-state index contributed by atoms with van der Waals surface area (Å²) in [5, 5.41) is 15.3. The maximum Gasteiger partial charge on any atom is 0.309 e. The van der Waals surface area contributed by atoms with Gasteiger partial charge < -0.3 is 20.5 Å².